The fraction of sp³-hybridized carbons (Fsp3) is 0.880. The van der Waals surface area contributed by atoms with E-state index in [1.807, 2.05) is 55.4 Å². The molecule has 0 bridgehead atoms. The fourth-order valence-electron chi connectivity index (χ4n) is 9.02. The molecule has 19 heteroatoms. The molecule has 3 amide bonds. The van der Waals surface area contributed by atoms with E-state index in [4.69, 9.17) is 43.0 Å². The first-order valence-corrected chi connectivity index (χ1v) is 24.5. The van der Waals surface area contributed by atoms with E-state index in [1.165, 1.54) is 26.2 Å². The standard InChI is InChI=1S/C25H46N2O7.C15H29NO5.C10H19NO3/c1-11-16(2)21(26(7)24(30)34-25(4,5)6)19(31-8)15-20(28)27-14-12-13-18(27)22(32-9)17(3)23(29)33-10;1-8-10(2)13(11(20-7)9-12(17)18)16(6)14(19)21-15(3,4)5;1-7(10(12)14-3)9(13-2)8-5-4-6-11-8/h16-19,21-22H,11-15H2,1-10H3;10-11,13H,8-9H2,1-7H3,(H,17,18);7-9,11H,4-6H2,1-3H3/t16-,17+,18-,19+,21-,22+;10-,11+,13-;7-,8+,9-/m001/s1. The van der Waals surface area contributed by atoms with Crippen LogP contribution >= 0.6 is 0 Å². The number of esters is 2. The van der Waals surface area contributed by atoms with Gasteiger partial charge in [0.05, 0.1) is 81.4 Å². The van der Waals surface area contributed by atoms with Crippen molar-refractivity contribution in [1.82, 2.24) is 20.0 Å². The summed E-state index contributed by atoms with van der Waals surface area (Å²) in [6, 6.07) is -0.642. The number of ether oxygens (including phenoxy) is 8. The average molecular weight is 991 g/mol. The topological polar surface area (TPSA) is 218 Å². The van der Waals surface area contributed by atoms with E-state index in [9.17, 15) is 28.8 Å². The van der Waals surface area contributed by atoms with E-state index in [0.717, 1.165) is 45.1 Å². The summed E-state index contributed by atoms with van der Waals surface area (Å²) in [6.07, 6.45) is 2.81. The molecule has 19 nitrogen and oxygen atoms in total. The van der Waals surface area contributed by atoms with Gasteiger partial charge in [0.1, 0.15) is 11.2 Å². The van der Waals surface area contributed by atoms with Crippen molar-refractivity contribution in [2.75, 3.05) is 69.8 Å². The summed E-state index contributed by atoms with van der Waals surface area (Å²) >= 11 is 0. The van der Waals surface area contributed by atoms with Crippen LogP contribution in [0, 0.1) is 23.7 Å². The quantitative estimate of drug-likeness (QED) is 0.0841. The first-order chi connectivity index (χ1) is 32.1. The van der Waals surface area contributed by atoms with E-state index in [2.05, 4.69) is 5.32 Å². The number of amides is 3. The van der Waals surface area contributed by atoms with Gasteiger partial charge in [-0.15, -0.1) is 0 Å². The Bertz CT molecular complexity index is 1550. The van der Waals surface area contributed by atoms with Gasteiger partial charge in [0, 0.05) is 55.1 Å². The molecule has 0 radical (unpaired) electrons. The van der Waals surface area contributed by atoms with E-state index < -0.39 is 53.6 Å². The third-order valence-corrected chi connectivity index (χ3v) is 13.0. The van der Waals surface area contributed by atoms with E-state index in [0.29, 0.717) is 6.54 Å². The molecule has 0 saturated carbocycles. The largest absolute Gasteiger partial charge is 0.481 e. The predicted octanol–water partition coefficient (Wildman–Crippen LogP) is 6.81. The van der Waals surface area contributed by atoms with Crippen LogP contribution in [0.2, 0.25) is 0 Å². The first kappa shape index (κ1) is 65.2. The van der Waals surface area contributed by atoms with Crippen molar-refractivity contribution in [3.8, 4) is 0 Å². The molecule has 2 saturated heterocycles. The summed E-state index contributed by atoms with van der Waals surface area (Å²) in [6.45, 7) is 24.1. The highest BCUT2D eigenvalue weighted by Crippen LogP contribution is 2.30. The van der Waals surface area contributed by atoms with Gasteiger partial charge in [0.25, 0.3) is 0 Å². The molecule has 12 atom stereocenters. The van der Waals surface area contributed by atoms with Crippen LogP contribution in [0.15, 0.2) is 0 Å². The van der Waals surface area contributed by atoms with Crippen LogP contribution in [-0.4, -0.2) is 185 Å². The number of carboxylic acids is 1. The highest BCUT2D eigenvalue weighted by Gasteiger charge is 2.43. The van der Waals surface area contributed by atoms with Gasteiger partial charge in [-0.25, -0.2) is 9.59 Å². The van der Waals surface area contributed by atoms with Crippen LogP contribution in [0.25, 0.3) is 0 Å². The van der Waals surface area contributed by atoms with Crippen molar-refractivity contribution < 1.29 is 71.8 Å². The van der Waals surface area contributed by atoms with Gasteiger partial charge in [-0.3, -0.25) is 19.2 Å². The highest BCUT2D eigenvalue weighted by atomic mass is 16.6. The molecule has 69 heavy (non-hydrogen) atoms. The molecular weight excluding hydrogens is 897 g/mol. The third-order valence-electron chi connectivity index (χ3n) is 13.0. The summed E-state index contributed by atoms with van der Waals surface area (Å²) in [5.74, 6) is -2.14. The van der Waals surface area contributed by atoms with Gasteiger partial charge in [-0.05, 0) is 99.5 Å². The second kappa shape index (κ2) is 31.5. The SMILES string of the molecule is CC[C@H](C)[C@@H]([C@@H](CC(=O)N1CCC[C@H]1[C@H](OC)[C@@H](C)C(=O)OC)OC)N(C)C(=O)OC(C)(C)C.CC[C@H](C)[C@@H]([C@@H](CC(=O)O)OC)N(C)C(=O)OC(C)(C)C.COC(=O)[C@H](C)[C@@H](OC)[C@@H]1CCCN1. The lowest BCUT2D eigenvalue weighted by Crippen LogP contribution is -2.53. The zero-order valence-electron chi connectivity index (χ0n) is 46.0. The minimum absolute atomic E-state index is 0.0788. The van der Waals surface area contributed by atoms with Crippen LogP contribution in [0.5, 0.6) is 0 Å². The number of hydrogen-bond acceptors (Lipinski definition) is 15. The Labute approximate surface area is 414 Å². The van der Waals surface area contributed by atoms with Gasteiger partial charge in [0.15, 0.2) is 0 Å². The van der Waals surface area contributed by atoms with Gasteiger partial charge < -0.3 is 63.0 Å². The molecule has 0 spiro atoms. The number of likely N-dealkylation sites (N-methyl/N-ethyl adjacent to an activating group) is 2. The van der Waals surface area contributed by atoms with Crippen molar-refractivity contribution in [2.45, 2.75) is 194 Å². The number of carboxylic acid groups (broad SMARTS) is 1. The van der Waals surface area contributed by atoms with Crippen molar-refractivity contribution in [2.24, 2.45) is 23.7 Å². The van der Waals surface area contributed by atoms with Gasteiger partial charge >= 0.3 is 30.1 Å². The molecule has 0 aromatic carbocycles. The molecule has 404 valence electrons. The monoisotopic (exact) mass is 991 g/mol. The maximum absolute atomic E-state index is 13.5. The Morgan fingerprint density at radius 1 is 0.638 bits per heavy atom. The maximum atomic E-state index is 13.5. The molecule has 0 aromatic rings. The molecule has 2 fully saturated rings. The lowest BCUT2D eigenvalue weighted by atomic mass is 9.90. The number of carbonyl (C=O) groups is 6. The number of nitrogens with zero attached hydrogens (tertiary/aromatic N) is 3. The van der Waals surface area contributed by atoms with Crippen LogP contribution in [0.1, 0.15) is 134 Å². The smallest absolute Gasteiger partial charge is 0.410 e. The number of carbonyl (C=O) groups excluding carboxylic acids is 5. The zero-order valence-corrected chi connectivity index (χ0v) is 46.0. The van der Waals surface area contributed by atoms with Crippen LogP contribution < -0.4 is 5.32 Å². The van der Waals surface area contributed by atoms with E-state index in [1.54, 1.807) is 72.9 Å². The Kier molecular flexibility index (Phi) is 29.8. The molecular formula is C50H94N4O15. The second-order valence-corrected chi connectivity index (χ2v) is 20.3. The van der Waals surface area contributed by atoms with E-state index in [-0.39, 0.29) is 78.7 Å². The number of likely N-dealkylation sites (tertiary alicyclic amines) is 1. The number of aliphatic carboxylic acids is 1. The molecule has 2 aliphatic heterocycles. The summed E-state index contributed by atoms with van der Waals surface area (Å²) in [5, 5.41) is 12.3. The van der Waals surface area contributed by atoms with Gasteiger partial charge in [0.2, 0.25) is 5.91 Å². The Balaban J connectivity index is 0.00000112. The molecule has 2 aliphatic rings. The molecule has 0 unspecified atom stereocenters. The summed E-state index contributed by atoms with van der Waals surface area (Å²) < 4.78 is 42.7. The van der Waals surface area contributed by atoms with Crippen molar-refractivity contribution in [1.29, 1.82) is 0 Å². The first-order valence-electron chi connectivity index (χ1n) is 24.5. The Morgan fingerprint density at radius 2 is 1.06 bits per heavy atom. The van der Waals surface area contributed by atoms with Crippen molar-refractivity contribution >= 4 is 36.0 Å². The van der Waals surface area contributed by atoms with Crippen LogP contribution in [0.3, 0.4) is 0 Å². The summed E-state index contributed by atoms with van der Waals surface area (Å²) in [5.41, 5.74) is -1.22. The normalized spacial score (nSPS) is 20.3. The lowest BCUT2D eigenvalue weighted by molar-refractivity contribution is -0.154. The highest BCUT2D eigenvalue weighted by molar-refractivity contribution is 5.78. The van der Waals surface area contributed by atoms with Gasteiger partial charge in [-0.2, -0.15) is 0 Å². The molecule has 2 N–H and O–H groups in total. The second-order valence-electron chi connectivity index (χ2n) is 20.3. The molecule has 2 rings (SSSR count). The number of methoxy groups -OCH3 is 6. The molecule has 0 aliphatic carbocycles. The third kappa shape index (κ3) is 21.6. The zero-order chi connectivity index (χ0) is 53.6. The number of hydrogen-bond donors (Lipinski definition) is 2. The average Bonchev–Trinajstić information content (AvgIpc) is 4.01. The minimum atomic E-state index is -0.951. The molecule has 2 heterocycles. The van der Waals surface area contributed by atoms with E-state index >= 15 is 0 Å². The van der Waals surface area contributed by atoms with Crippen LogP contribution in [-0.2, 0) is 57.1 Å². The number of rotatable bonds is 22. The van der Waals surface area contributed by atoms with Crippen molar-refractivity contribution in [3.63, 3.8) is 0 Å². The van der Waals surface area contributed by atoms with Crippen LogP contribution in [0.4, 0.5) is 9.59 Å². The maximum Gasteiger partial charge on any atom is 0.410 e. The number of nitrogens with one attached hydrogen (secondary N) is 1. The lowest BCUT2D eigenvalue weighted by Gasteiger charge is -2.39. The van der Waals surface area contributed by atoms with Crippen molar-refractivity contribution in [3.05, 3.63) is 0 Å². The minimum Gasteiger partial charge on any atom is -0.481 e. The Morgan fingerprint density at radius 3 is 1.39 bits per heavy atom. The predicted molar refractivity (Wildman–Crippen MR) is 263 cm³/mol. The van der Waals surface area contributed by atoms with Gasteiger partial charge in [-0.1, -0.05) is 40.5 Å². The summed E-state index contributed by atoms with van der Waals surface area (Å²) in [4.78, 5) is 77.8. The summed E-state index contributed by atoms with van der Waals surface area (Å²) in [7, 11) is 12.3. The molecule has 0 aromatic heterocycles. The fourth-order valence-corrected chi connectivity index (χ4v) is 9.02. The Hall–Kier alpha value is -3.78.